The lowest BCUT2D eigenvalue weighted by Gasteiger charge is -2.32. The summed E-state index contributed by atoms with van der Waals surface area (Å²) >= 11 is 0. The van der Waals surface area contributed by atoms with E-state index in [0.717, 1.165) is 0 Å². The smallest absolute Gasteiger partial charge is 0.336 e. The highest BCUT2D eigenvalue weighted by Gasteiger charge is 2.43. The molecule has 0 fully saturated rings. The molecule has 7 heteroatoms. The summed E-state index contributed by atoms with van der Waals surface area (Å²) < 4.78 is 23.6. The third-order valence-electron chi connectivity index (χ3n) is 4.81. The fourth-order valence-corrected chi connectivity index (χ4v) is 3.54. The van der Waals surface area contributed by atoms with E-state index in [-0.39, 0.29) is 30.4 Å². The van der Waals surface area contributed by atoms with Crippen LogP contribution < -0.4 is 9.64 Å². The van der Waals surface area contributed by atoms with E-state index in [2.05, 4.69) is 0 Å². The first-order chi connectivity index (χ1) is 13.0. The number of benzene rings is 2. The summed E-state index contributed by atoms with van der Waals surface area (Å²) in [6, 6.07) is 10.2. The highest BCUT2D eigenvalue weighted by Crippen LogP contribution is 2.43. The van der Waals surface area contributed by atoms with Gasteiger partial charge >= 0.3 is 5.97 Å². The summed E-state index contributed by atoms with van der Waals surface area (Å²) in [4.78, 5) is 26.7. The van der Waals surface area contributed by atoms with Gasteiger partial charge in [-0.2, -0.15) is 0 Å². The number of esters is 1. The predicted molar refractivity (Wildman–Crippen MR) is 93.9 cm³/mol. The van der Waals surface area contributed by atoms with Crippen LogP contribution in [0.3, 0.4) is 0 Å². The summed E-state index contributed by atoms with van der Waals surface area (Å²) in [5.74, 6) is -1.40. The average Bonchev–Trinajstić information content (AvgIpc) is 3.04. The molecule has 2 heterocycles. The lowest BCUT2D eigenvalue weighted by atomic mass is 9.84. The maximum atomic E-state index is 13.2. The summed E-state index contributed by atoms with van der Waals surface area (Å²) in [6.07, 6.45) is 0.0409. The standard InChI is InChI=1S/C20H16FNO5/c1-26-17-8-11(2-7-16(17)23)14-9-18(24)22(13-5-3-12(21)4-6-13)15-10-27-20(25)19(14)15/h2-8,14,23H,9-10H2,1H3/t14-/m0/s1. The molecule has 0 radical (unpaired) electrons. The van der Waals surface area contributed by atoms with Crippen molar-refractivity contribution in [1.29, 1.82) is 0 Å². The normalized spacial score (nSPS) is 19.2. The first-order valence-corrected chi connectivity index (χ1v) is 8.35. The molecule has 1 N–H and O–H groups in total. The van der Waals surface area contributed by atoms with Crippen LogP contribution in [0, 0.1) is 5.82 Å². The minimum Gasteiger partial charge on any atom is -0.504 e. The van der Waals surface area contributed by atoms with Crippen molar-refractivity contribution in [3.8, 4) is 11.5 Å². The Morgan fingerprint density at radius 2 is 1.93 bits per heavy atom. The van der Waals surface area contributed by atoms with E-state index < -0.39 is 17.7 Å². The van der Waals surface area contributed by atoms with Gasteiger partial charge in [-0.05, 0) is 42.0 Å². The number of hydrogen-bond acceptors (Lipinski definition) is 5. The van der Waals surface area contributed by atoms with E-state index in [1.54, 1.807) is 12.1 Å². The number of rotatable bonds is 3. The lowest BCUT2D eigenvalue weighted by molar-refractivity contribution is -0.136. The molecule has 1 atom stereocenters. The van der Waals surface area contributed by atoms with E-state index >= 15 is 0 Å². The molecular weight excluding hydrogens is 353 g/mol. The molecule has 6 nitrogen and oxygen atoms in total. The first-order valence-electron chi connectivity index (χ1n) is 8.35. The van der Waals surface area contributed by atoms with Crippen LogP contribution in [0.15, 0.2) is 53.7 Å². The largest absolute Gasteiger partial charge is 0.504 e. The number of aromatic hydroxyl groups is 1. The zero-order valence-corrected chi connectivity index (χ0v) is 14.4. The second-order valence-electron chi connectivity index (χ2n) is 6.33. The molecule has 0 saturated heterocycles. The van der Waals surface area contributed by atoms with Crippen molar-refractivity contribution in [2.24, 2.45) is 0 Å². The molecule has 0 spiro atoms. The lowest BCUT2D eigenvalue weighted by Crippen LogP contribution is -2.37. The fraction of sp³-hybridized carbons (Fsp3) is 0.200. The van der Waals surface area contributed by atoms with Gasteiger partial charge in [0.15, 0.2) is 11.5 Å². The molecule has 0 aliphatic carbocycles. The van der Waals surface area contributed by atoms with E-state index in [1.807, 2.05) is 0 Å². The van der Waals surface area contributed by atoms with Crippen LogP contribution in [0.5, 0.6) is 11.5 Å². The minimum absolute atomic E-state index is 0.0248. The van der Waals surface area contributed by atoms with Crippen molar-refractivity contribution >= 4 is 17.6 Å². The first kappa shape index (κ1) is 17.1. The Bertz CT molecular complexity index is 967. The second kappa shape index (κ2) is 6.42. The topological polar surface area (TPSA) is 76.1 Å². The van der Waals surface area contributed by atoms with Gasteiger partial charge in [0, 0.05) is 18.0 Å². The maximum Gasteiger partial charge on any atom is 0.336 e. The fourth-order valence-electron chi connectivity index (χ4n) is 3.54. The van der Waals surface area contributed by atoms with Gasteiger partial charge in [-0.25, -0.2) is 9.18 Å². The molecule has 27 heavy (non-hydrogen) atoms. The van der Waals surface area contributed by atoms with Crippen LogP contribution in [-0.4, -0.2) is 30.7 Å². The van der Waals surface area contributed by atoms with Crippen molar-refractivity contribution < 1.29 is 28.6 Å². The molecule has 1 amide bonds. The summed E-state index contributed by atoms with van der Waals surface area (Å²) in [5.41, 5.74) is 2.00. The summed E-state index contributed by atoms with van der Waals surface area (Å²) in [7, 11) is 1.43. The number of amides is 1. The SMILES string of the molecule is COc1cc([C@@H]2CC(=O)N(c3ccc(F)cc3)C3=C2C(=O)OC3)ccc1O. The number of carbonyl (C=O) groups is 2. The Kier molecular flexibility index (Phi) is 4.07. The van der Waals surface area contributed by atoms with Gasteiger partial charge in [0.05, 0.1) is 18.4 Å². The summed E-state index contributed by atoms with van der Waals surface area (Å²) in [6.45, 7) is -0.0248. The van der Waals surface area contributed by atoms with Crippen LogP contribution >= 0.6 is 0 Å². The number of phenols is 1. The van der Waals surface area contributed by atoms with Crippen LogP contribution in [0.4, 0.5) is 10.1 Å². The molecule has 2 aliphatic rings. The van der Waals surface area contributed by atoms with Crippen molar-refractivity contribution in [2.75, 3.05) is 18.6 Å². The van der Waals surface area contributed by atoms with Gasteiger partial charge < -0.3 is 14.6 Å². The predicted octanol–water partition coefficient (Wildman–Crippen LogP) is 2.87. The number of ether oxygens (including phenoxy) is 2. The molecule has 2 aliphatic heterocycles. The molecule has 0 bridgehead atoms. The Balaban J connectivity index is 1.81. The van der Waals surface area contributed by atoms with Crippen LogP contribution in [-0.2, 0) is 14.3 Å². The van der Waals surface area contributed by atoms with Gasteiger partial charge in [0.1, 0.15) is 12.4 Å². The summed E-state index contributed by atoms with van der Waals surface area (Å²) in [5, 5.41) is 9.80. The number of methoxy groups -OCH3 is 1. The van der Waals surface area contributed by atoms with Crippen molar-refractivity contribution in [1.82, 2.24) is 0 Å². The molecule has 0 aromatic heterocycles. The maximum absolute atomic E-state index is 13.2. The van der Waals surface area contributed by atoms with Crippen molar-refractivity contribution in [2.45, 2.75) is 12.3 Å². The quantitative estimate of drug-likeness (QED) is 0.842. The molecule has 2 aromatic carbocycles. The highest BCUT2D eigenvalue weighted by molar-refractivity contribution is 6.06. The Labute approximate surface area is 154 Å². The number of phenolic OH excluding ortho intramolecular Hbond substituents is 1. The molecular formula is C20H16FNO5. The Hall–Kier alpha value is -3.35. The third kappa shape index (κ3) is 2.81. The van der Waals surface area contributed by atoms with E-state index in [9.17, 15) is 19.1 Å². The zero-order valence-electron chi connectivity index (χ0n) is 14.4. The third-order valence-corrected chi connectivity index (χ3v) is 4.81. The van der Waals surface area contributed by atoms with Crippen LogP contribution in [0.2, 0.25) is 0 Å². The molecule has 0 unspecified atom stereocenters. The number of nitrogens with zero attached hydrogens (tertiary/aromatic N) is 1. The number of anilines is 1. The number of carbonyl (C=O) groups excluding carboxylic acids is 2. The van der Waals surface area contributed by atoms with E-state index in [1.165, 1.54) is 42.3 Å². The Morgan fingerprint density at radius 3 is 2.63 bits per heavy atom. The number of cyclic esters (lactones) is 1. The number of hydrogen-bond donors (Lipinski definition) is 1. The van der Waals surface area contributed by atoms with E-state index in [4.69, 9.17) is 9.47 Å². The highest BCUT2D eigenvalue weighted by atomic mass is 19.1. The van der Waals surface area contributed by atoms with Crippen LogP contribution in [0.1, 0.15) is 17.9 Å². The van der Waals surface area contributed by atoms with Gasteiger partial charge in [-0.3, -0.25) is 9.69 Å². The van der Waals surface area contributed by atoms with Gasteiger partial charge in [0.25, 0.3) is 0 Å². The molecule has 138 valence electrons. The monoisotopic (exact) mass is 369 g/mol. The Morgan fingerprint density at radius 1 is 1.19 bits per heavy atom. The van der Waals surface area contributed by atoms with Gasteiger partial charge in [-0.1, -0.05) is 6.07 Å². The molecule has 2 aromatic rings. The van der Waals surface area contributed by atoms with Crippen LogP contribution in [0.25, 0.3) is 0 Å². The van der Waals surface area contributed by atoms with E-state index in [0.29, 0.717) is 22.5 Å². The zero-order chi connectivity index (χ0) is 19.1. The van der Waals surface area contributed by atoms with Crippen molar-refractivity contribution in [3.63, 3.8) is 0 Å². The number of halogens is 1. The van der Waals surface area contributed by atoms with Gasteiger partial charge in [0.2, 0.25) is 5.91 Å². The second-order valence-corrected chi connectivity index (χ2v) is 6.33. The molecule has 0 saturated carbocycles. The molecule has 4 rings (SSSR count). The average molecular weight is 369 g/mol. The van der Waals surface area contributed by atoms with Crippen molar-refractivity contribution in [3.05, 3.63) is 65.1 Å². The minimum atomic E-state index is -0.506. The van der Waals surface area contributed by atoms with Gasteiger partial charge in [-0.15, -0.1) is 0 Å².